The number of halogens is 1. The van der Waals surface area contributed by atoms with Gasteiger partial charge in [-0.05, 0) is 47.9 Å². The summed E-state index contributed by atoms with van der Waals surface area (Å²) in [6, 6.07) is 11.5. The summed E-state index contributed by atoms with van der Waals surface area (Å²) in [5.41, 5.74) is 2.94. The van der Waals surface area contributed by atoms with E-state index in [4.69, 9.17) is 0 Å². The van der Waals surface area contributed by atoms with Crippen LogP contribution in [0.1, 0.15) is 16.7 Å². The van der Waals surface area contributed by atoms with Gasteiger partial charge < -0.3 is 5.32 Å². The summed E-state index contributed by atoms with van der Waals surface area (Å²) in [5.74, 6) is -0.241. The summed E-state index contributed by atoms with van der Waals surface area (Å²) < 4.78 is 35.9. The third kappa shape index (κ3) is 4.37. The zero-order valence-corrected chi connectivity index (χ0v) is 12.9. The van der Waals surface area contributed by atoms with Crippen LogP contribution in [0, 0.1) is 12.7 Å². The fourth-order valence-electron chi connectivity index (χ4n) is 2.03. The first kappa shape index (κ1) is 15.7. The fraction of sp³-hybridized carbons (Fsp3) is 0.250. The van der Waals surface area contributed by atoms with Gasteiger partial charge in [0.1, 0.15) is 5.82 Å². The van der Waals surface area contributed by atoms with E-state index in [2.05, 4.69) is 5.32 Å². The van der Waals surface area contributed by atoms with Crippen molar-refractivity contribution in [3.8, 4) is 0 Å². The summed E-state index contributed by atoms with van der Waals surface area (Å²) in [6.45, 7) is 3.11. The molecule has 0 aromatic heterocycles. The largest absolute Gasteiger partial charge is 0.309 e. The van der Waals surface area contributed by atoms with Gasteiger partial charge in [0.25, 0.3) is 0 Å². The molecule has 21 heavy (non-hydrogen) atoms. The zero-order valence-electron chi connectivity index (χ0n) is 12.1. The van der Waals surface area contributed by atoms with E-state index in [-0.39, 0.29) is 5.82 Å². The Kier molecular flexibility index (Phi) is 4.75. The summed E-state index contributed by atoms with van der Waals surface area (Å²) in [6.07, 6.45) is 1.19. The second-order valence-electron chi connectivity index (χ2n) is 5.09. The van der Waals surface area contributed by atoms with Crippen molar-refractivity contribution in [2.24, 2.45) is 0 Å². The highest BCUT2D eigenvalue weighted by Crippen LogP contribution is 2.12. The van der Waals surface area contributed by atoms with E-state index in [1.165, 1.54) is 18.4 Å². The minimum absolute atomic E-state index is 0.241. The van der Waals surface area contributed by atoms with E-state index in [1.54, 1.807) is 30.3 Å². The Morgan fingerprint density at radius 2 is 1.71 bits per heavy atom. The van der Waals surface area contributed by atoms with E-state index in [1.807, 2.05) is 6.92 Å². The molecule has 1 N–H and O–H groups in total. The van der Waals surface area contributed by atoms with Crippen molar-refractivity contribution in [2.45, 2.75) is 24.9 Å². The van der Waals surface area contributed by atoms with Crippen molar-refractivity contribution in [1.82, 2.24) is 5.32 Å². The highest BCUT2D eigenvalue weighted by molar-refractivity contribution is 7.90. The summed E-state index contributed by atoms with van der Waals surface area (Å²) >= 11 is 0. The maximum atomic E-state index is 13.2. The molecule has 2 rings (SSSR count). The highest BCUT2D eigenvalue weighted by Gasteiger charge is 2.06. The van der Waals surface area contributed by atoms with E-state index in [0.717, 1.165) is 16.7 Å². The normalized spacial score (nSPS) is 11.6. The maximum absolute atomic E-state index is 13.2. The number of rotatable bonds is 5. The molecule has 0 saturated heterocycles. The molecule has 3 nitrogen and oxygen atoms in total. The van der Waals surface area contributed by atoms with Gasteiger partial charge >= 0.3 is 0 Å². The number of hydrogen-bond acceptors (Lipinski definition) is 3. The lowest BCUT2D eigenvalue weighted by molar-refractivity contribution is 0.602. The quantitative estimate of drug-likeness (QED) is 0.924. The molecule has 0 heterocycles. The Morgan fingerprint density at radius 3 is 2.33 bits per heavy atom. The van der Waals surface area contributed by atoms with Crippen molar-refractivity contribution in [3.63, 3.8) is 0 Å². The highest BCUT2D eigenvalue weighted by atomic mass is 32.2. The van der Waals surface area contributed by atoms with Gasteiger partial charge in [0.05, 0.1) is 4.90 Å². The predicted octanol–water partition coefficient (Wildman–Crippen LogP) is 2.83. The molecule has 0 spiro atoms. The van der Waals surface area contributed by atoms with Crippen molar-refractivity contribution in [1.29, 1.82) is 0 Å². The van der Waals surface area contributed by atoms with Gasteiger partial charge in [-0.3, -0.25) is 0 Å². The molecule has 0 unspecified atom stereocenters. The molecule has 0 atom stereocenters. The molecule has 0 saturated carbocycles. The second-order valence-corrected chi connectivity index (χ2v) is 7.11. The van der Waals surface area contributed by atoms with Crippen molar-refractivity contribution in [2.75, 3.05) is 6.26 Å². The third-order valence-electron chi connectivity index (χ3n) is 3.31. The second kappa shape index (κ2) is 6.37. The molecule has 0 aliphatic heterocycles. The monoisotopic (exact) mass is 307 g/mol. The first-order chi connectivity index (χ1) is 9.86. The smallest absolute Gasteiger partial charge is 0.175 e. The van der Waals surface area contributed by atoms with Crippen LogP contribution in [0.3, 0.4) is 0 Å². The Hall–Kier alpha value is -1.72. The molecule has 112 valence electrons. The van der Waals surface area contributed by atoms with Gasteiger partial charge in [-0.2, -0.15) is 0 Å². The molecular weight excluding hydrogens is 289 g/mol. The Balaban J connectivity index is 1.96. The summed E-state index contributed by atoms with van der Waals surface area (Å²) in [5, 5.41) is 3.23. The van der Waals surface area contributed by atoms with Crippen LogP contribution in [0.15, 0.2) is 47.4 Å². The van der Waals surface area contributed by atoms with E-state index in [9.17, 15) is 12.8 Å². The molecule has 0 bridgehead atoms. The number of hydrogen-bond donors (Lipinski definition) is 1. The Bertz CT molecular complexity index is 724. The van der Waals surface area contributed by atoms with Crippen molar-refractivity contribution in [3.05, 3.63) is 65.0 Å². The molecule has 2 aromatic rings. The topological polar surface area (TPSA) is 46.2 Å². The lowest BCUT2D eigenvalue weighted by Crippen LogP contribution is -2.13. The SMILES string of the molecule is Cc1ccc(F)cc1CNCc1ccc(S(C)(=O)=O)cc1. The van der Waals surface area contributed by atoms with Crippen LogP contribution in [0.25, 0.3) is 0 Å². The average Bonchev–Trinajstić information content (AvgIpc) is 2.42. The van der Waals surface area contributed by atoms with Gasteiger partial charge in [-0.25, -0.2) is 12.8 Å². The van der Waals surface area contributed by atoms with Gasteiger partial charge in [0, 0.05) is 19.3 Å². The molecule has 0 aliphatic carbocycles. The van der Waals surface area contributed by atoms with E-state index in [0.29, 0.717) is 18.0 Å². The van der Waals surface area contributed by atoms with Crippen LogP contribution in [0.4, 0.5) is 4.39 Å². The summed E-state index contributed by atoms with van der Waals surface area (Å²) in [7, 11) is -3.16. The van der Waals surface area contributed by atoms with Crippen molar-refractivity contribution < 1.29 is 12.8 Å². The molecule has 0 fully saturated rings. The van der Waals surface area contributed by atoms with Crippen LogP contribution in [-0.4, -0.2) is 14.7 Å². The lowest BCUT2D eigenvalue weighted by atomic mass is 10.1. The molecular formula is C16H18FNO2S. The maximum Gasteiger partial charge on any atom is 0.175 e. The fourth-order valence-corrected chi connectivity index (χ4v) is 2.66. The standard InChI is InChI=1S/C16H18FNO2S/c1-12-3-6-15(17)9-14(12)11-18-10-13-4-7-16(8-5-13)21(2,19)20/h3-9,18H,10-11H2,1-2H3. The molecule has 0 amide bonds. The van der Waals surface area contributed by atoms with Gasteiger partial charge in [0.2, 0.25) is 0 Å². The molecule has 5 heteroatoms. The summed E-state index contributed by atoms with van der Waals surface area (Å²) in [4.78, 5) is 0.312. The van der Waals surface area contributed by atoms with E-state index < -0.39 is 9.84 Å². The Labute approximate surface area is 124 Å². The van der Waals surface area contributed by atoms with Crippen LogP contribution in [0.2, 0.25) is 0 Å². The van der Waals surface area contributed by atoms with Gasteiger partial charge in [-0.1, -0.05) is 18.2 Å². The molecule has 0 aliphatic rings. The van der Waals surface area contributed by atoms with Crippen LogP contribution >= 0.6 is 0 Å². The van der Waals surface area contributed by atoms with Gasteiger partial charge in [0.15, 0.2) is 9.84 Å². The predicted molar refractivity (Wildman–Crippen MR) is 81.2 cm³/mol. The minimum Gasteiger partial charge on any atom is -0.309 e. The minimum atomic E-state index is -3.16. The van der Waals surface area contributed by atoms with Crippen molar-refractivity contribution >= 4 is 9.84 Å². The van der Waals surface area contributed by atoms with Gasteiger partial charge in [-0.15, -0.1) is 0 Å². The number of benzene rings is 2. The van der Waals surface area contributed by atoms with Crippen LogP contribution < -0.4 is 5.32 Å². The lowest BCUT2D eigenvalue weighted by Gasteiger charge is -2.08. The first-order valence-corrected chi connectivity index (χ1v) is 8.50. The molecule has 0 radical (unpaired) electrons. The number of sulfone groups is 1. The zero-order chi connectivity index (χ0) is 15.5. The van der Waals surface area contributed by atoms with Crippen LogP contribution in [-0.2, 0) is 22.9 Å². The first-order valence-electron chi connectivity index (χ1n) is 6.61. The third-order valence-corrected chi connectivity index (χ3v) is 4.44. The Morgan fingerprint density at radius 1 is 1.05 bits per heavy atom. The average molecular weight is 307 g/mol. The number of nitrogens with one attached hydrogen (secondary N) is 1. The molecule has 2 aromatic carbocycles. The van der Waals surface area contributed by atoms with Crippen LogP contribution in [0.5, 0.6) is 0 Å². The van der Waals surface area contributed by atoms with E-state index >= 15 is 0 Å². The number of aryl methyl sites for hydroxylation is 1.